The fourth-order valence-electron chi connectivity index (χ4n) is 5.69. The van der Waals surface area contributed by atoms with Crippen molar-refractivity contribution in [3.05, 3.63) is 107 Å². The van der Waals surface area contributed by atoms with Crippen molar-refractivity contribution in [3.8, 4) is 17.2 Å². The molecule has 11 heteroatoms. The molecule has 1 aliphatic heterocycles. The van der Waals surface area contributed by atoms with E-state index in [1.807, 2.05) is 30.3 Å². The van der Waals surface area contributed by atoms with Gasteiger partial charge in [-0.25, -0.2) is 0 Å². The Balaban J connectivity index is 1.35. The molecule has 5 aromatic rings. The fourth-order valence-corrected chi connectivity index (χ4v) is 7.56. The van der Waals surface area contributed by atoms with E-state index in [0.29, 0.717) is 45.1 Å². The van der Waals surface area contributed by atoms with Crippen LogP contribution in [0.5, 0.6) is 17.2 Å². The summed E-state index contributed by atoms with van der Waals surface area (Å²) in [7, 11) is 2.99. The summed E-state index contributed by atoms with van der Waals surface area (Å²) in [5, 5.41) is 22.9. The summed E-state index contributed by atoms with van der Waals surface area (Å²) >= 11 is 2.74. The van der Waals surface area contributed by atoms with Crippen LogP contribution in [0.15, 0.2) is 94.8 Å². The van der Waals surface area contributed by atoms with Gasteiger partial charge >= 0.3 is 5.91 Å². The summed E-state index contributed by atoms with van der Waals surface area (Å²) in [6.45, 7) is 2.73. The molecule has 6 rings (SSSR count). The molecular formula is C37H35N3O6S2. The zero-order valence-electron chi connectivity index (χ0n) is 26.8. The van der Waals surface area contributed by atoms with Crippen molar-refractivity contribution >= 4 is 56.5 Å². The number of aliphatic hydroxyl groups excluding tert-OH is 1. The topological polar surface area (TPSA) is 111 Å². The standard InChI is InChI=1S/C37H35N3O6S2/c1-4-5-8-20-46-27-17-14-24(15-18-27)32-31(33(41)25-16-19-29(44-2)30(21-25)45-3)34(42)35(43)40(32)36-38-39-37(48-36)47-22-26-12-9-11-23-10-6-7-13-28(23)26/h6-7,9-19,21,32,41H,4-5,8,20,22H2,1-3H3/t32-/m1/s1. The van der Waals surface area contributed by atoms with Gasteiger partial charge in [0.15, 0.2) is 15.8 Å². The van der Waals surface area contributed by atoms with Gasteiger partial charge in [-0.3, -0.25) is 14.5 Å². The van der Waals surface area contributed by atoms with E-state index in [9.17, 15) is 14.7 Å². The van der Waals surface area contributed by atoms with Gasteiger partial charge in [-0.05, 0) is 58.7 Å². The van der Waals surface area contributed by atoms with Crippen molar-refractivity contribution in [3.63, 3.8) is 0 Å². The molecule has 0 bridgehead atoms. The van der Waals surface area contributed by atoms with Crippen LogP contribution in [0.25, 0.3) is 16.5 Å². The van der Waals surface area contributed by atoms with E-state index in [4.69, 9.17) is 14.2 Å². The molecule has 1 aromatic heterocycles. The normalized spacial score (nSPS) is 15.6. The maximum absolute atomic E-state index is 13.8. The summed E-state index contributed by atoms with van der Waals surface area (Å²) in [5.41, 5.74) is 2.00. The highest BCUT2D eigenvalue weighted by molar-refractivity contribution is 8.00. The molecule has 9 nitrogen and oxygen atoms in total. The zero-order valence-corrected chi connectivity index (χ0v) is 28.5. The number of nitrogens with zero attached hydrogens (tertiary/aromatic N) is 3. The van der Waals surface area contributed by atoms with Gasteiger partial charge < -0.3 is 19.3 Å². The highest BCUT2D eigenvalue weighted by Crippen LogP contribution is 2.45. The Hall–Kier alpha value is -4.87. The molecule has 0 saturated carbocycles. The summed E-state index contributed by atoms with van der Waals surface area (Å²) in [6.07, 6.45) is 3.12. The van der Waals surface area contributed by atoms with Crippen LogP contribution in [0.1, 0.15) is 48.9 Å². The maximum Gasteiger partial charge on any atom is 0.301 e. The number of ketones is 1. The summed E-state index contributed by atoms with van der Waals surface area (Å²) in [4.78, 5) is 28.8. The molecule has 0 unspecified atom stereocenters. The number of thioether (sulfide) groups is 1. The van der Waals surface area contributed by atoms with Gasteiger partial charge in [-0.15, -0.1) is 10.2 Å². The number of amides is 1. The van der Waals surface area contributed by atoms with Crippen LogP contribution >= 0.6 is 23.1 Å². The Kier molecular flexibility index (Phi) is 10.3. The molecule has 4 aromatic carbocycles. The van der Waals surface area contributed by atoms with Crippen molar-refractivity contribution < 1.29 is 28.9 Å². The smallest absolute Gasteiger partial charge is 0.301 e. The minimum absolute atomic E-state index is 0.0657. The first kappa shape index (κ1) is 33.0. The molecule has 1 N–H and O–H groups in total. The number of hydrogen-bond acceptors (Lipinski definition) is 10. The molecule has 0 aliphatic carbocycles. The van der Waals surface area contributed by atoms with E-state index >= 15 is 0 Å². The van der Waals surface area contributed by atoms with Crippen molar-refractivity contribution in [2.45, 2.75) is 42.3 Å². The van der Waals surface area contributed by atoms with Gasteiger partial charge in [-0.1, -0.05) is 97.5 Å². The number of carbonyl (C=O) groups excluding carboxylic acids is 2. The van der Waals surface area contributed by atoms with E-state index in [1.165, 1.54) is 42.2 Å². The highest BCUT2D eigenvalue weighted by atomic mass is 32.2. The van der Waals surface area contributed by atoms with Crippen LogP contribution in [-0.4, -0.2) is 47.8 Å². The zero-order chi connectivity index (χ0) is 33.6. The third kappa shape index (κ3) is 6.74. The SMILES string of the molecule is CCCCCOc1ccc([C@@H]2C(=C(O)c3ccc(OC)c(OC)c3)C(=O)C(=O)N2c2nnc(SCc3cccc4ccccc34)s2)cc1. The number of hydrogen-bond donors (Lipinski definition) is 1. The van der Waals surface area contributed by atoms with Crippen molar-refractivity contribution in [2.24, 2.45) is 0 Å². The average molecular weight is 682 g/mol. The first-order valence-corrected chi connectivity index (χ1v) is 17.4. The van der Waals surface area contributed by atoms with Crippen molar-refractivity contribution in [1.82, 2.24) is 10.2 Å². The number of Topliss-reactive ketones (excluding diaryl/α,β-unsaturated/α-hetero) is 1. The van der Waals surface area contributed by atoms with Crippen LogP contribution in [0.3, 0.4) is 0 Å². The number of ether oxygens (including phenoxy) is 3. The lowest BCUT2D eigenvalue weighted by Crippen LogP contribution is -2.29. The second-order valence-corrected chi connectivity index (χ2v) is 13.3. The third-order valence-electron chi connectivity index (χ3n) is 8.15. The van der Waals surface area contributed by atoms with Crippen LogP contribution in [0, 0.1) is 0 Å². The largest absolute Gasteiger partial charge is 0.507 e. The highest BCUT2D eigenvalue weighted by Gasteiger charge is 2.48. The molecule has 0 spiro atoms. The fraction of sp³-hybridized carbons (Fsp3) is 0.243. The second-order valence-electron chi connectivity index (χ2n) is 11.1. The maximum atomic E-state index is 13.8. The van der Waals surface area contributed by atoms with Crippen LogP contribution in [0.2, 0.25) is 0 Å². The lowest BCUT2D eigenvalue weighted by molar-refractivity contribution is -0.132. The number of fused-ring (bicyclic) bond motifs is 1. The van der Waals surface area contributed by atoms with E-state index in [0.717, 1.165) is 35.6 Å². The first-order chi connectivity index (χ1) is 23.4. The summed E-state index contributed by atoms with van der Waals surface area (Å²) < 4.78 is 17.3. The van der Waals surface area contributed by atoms with Crippen molar-refractivity contribution in [2.75, 3.05) is 25.7 Å². The molecule has 0 radical (unpaired) electrons. The summed E-state index contributed by atoms with van der Waals surface area (Å²) in [6, 6.07) is 25.5. The number of aromatic nitrogens is 2. The molecular weight excluding hydrogens is 647 g/mol. The predicted octanol–water partition coefficient (Wildman–Crippen LogP) is 8.20. The Morgan fingerprint density at radius 1 is 0.917 bits per heavy atom. The molecule has 1 aliphatic rings. The lowest BCUT2D eigenvalue weighted by atomic mass is 9.95. The minimum atomic E-state index is -0.962. The number of anilines is 1. The van der Waals surface area contributed by atoms with Gasteiger partial charge in [0.25, 0.3) is 5.78 Å². The van der Waals surface area contributed by atoms with Gasteiger partial charge in [-0.2, -0.15) is 0 Å². The summed E-state index contributed by atoms with van der Waals surface area (Å²) in [5.74, 6) is 0.191. The van der Waals surface area contributed by atoms with Gasteiger partial charge in [0.05, 0.1) is 32.4 Å². The Bertz CT molecular complexity index is 1970. The third-order valence-corrected chi connectivity index (χ3v) is 10.3. The van der Waals surface area contributed by atoms with E-state index in [-0.39, 0.29) is 16.5 Å². The van der Waals surface area contributed by atoms with E-state index in [1.54, 1.807) is 30.3 Å². The second kappa shape index (κ2) is 14.9. The number of benzene rings is 4. The minimum Gasteiger partial charge on any atom is -0.507 e. The van der Waals surface area contributed by atoms with Gasteiger partial charge in [0.2, 0.25) is 5.13 Å². The molecule has 48 heavy (non-hydrogen) atoms. The van der Waals surface area contributed by atoms with Crippen LogP contribution < -0.4 is 19.1 Å². The molecule has 246 valence electrons. The number of unbranched alkanes of at least 4 members (excludes halogenated alkanes) is 2. The van der Waals surface area contributed by atoms with Crippen LogP contribution in [-0.2, 0) is 15.3 Å². The van der Waals surface area contributed by atoms with Gasteiger partial charge in [0.1, 0.15) is 11.5 Å². The van der Waals surface area contributed by atoms with Gasteiger partial charge in [0, 0.05) is 11.3 Å². The molecule has 2 heterocycles. The Morgan fingerprint density at radius 3 is 2.46 bits per heavy atom. The van der Waals surface area contributed by atoms with E-state index in [2.05, 4.69) is 41.4 Å². The quantitative estimate of drug-likeness (QED) is 0.0328. The lowest BCUT2D eigenvalue weighted by Gasteiger charge is -2.23. The molecule has 1 amide bonds. The monoisotopic (exact) mass is 681 g/mol. The van der Waals surface area contributed by atoms with Crippen LogP contribution in [0.4, 0.5) is 5.13 Å². The Labute approximate surface area is 287 Å². The Morgan fingerprint density at radius 2 is 1.69 bits per heavy atom. The molecule has 1 saturated heterocycles. The number of aliphatic hydroxyl groups is 1. The number of carbonyl (C=O) groups is 2. The first-order valence-electron chi connectivity index (χ1n) is 15.6. The predicted molar refractivity (Wildman–Crippen MR) is 189 cm³/mol. The average Bonchev–Trinajstić information content (AvgIpc) is 3.70. The molecule has 1 fully saturated rings. The van der Waals surface area contributed by atoms with E-state index < -0.39 is 17.7 Å². The number of methoxy groups -OCH3 is 2. The van der Waals surface area contributed by atoms with Crippen molar-refractivity contribution in [1.29, 1.82) is 0 Å². The molecule has 1 atom stereocenters. The number of rotatable bonds is 13.